The minimum Gasteiger partial charge on any atom is -0.494 e. The number of rotatable bonds is 6. The summed E-state index contributed by atoms with van der Waals surface area (Å²) in [5, 5.41) is 2.90. The molecule has 18 heavy (non-hydrogen) atoms. The van der Waals surface area contributed by atoms with Crippen LogP contribution >= 0.6 is 0 Å². The Bertz CT molecular complexity index is 385. The second-order valence-electron chi connectivity index (χ2n) is 4.89. The molecule has 4 nitrogen and oxygen atoms in total. The highest BCUT2D eigenvalue weighted by Crippen LogP contribution is 2.17. The highest BCUT2D eigenvalue weighted by Gasteiger charge is 2.20. The molecule has 1 aromatic rings. The number of carbonyl (C=O) groups is 1. The van der Waals surface area contributed by atoms with Crippen LogP contribution in [0.25, 0.3) is 0 Å². The molecule has 0 spiro atoms. The van der Waals surface area contributed by atoms with Crippen molar-refractivity contribution in [3.8, 4) is 5.75 Å². The van der Waals surface area contributed by atoms with E-state index in [2.05, 4.69) is 5.32 Å². The van der Waals surface area contributed by atoms with Gasteiger partial charge >= 0.3 is 0 Å². The Kier molecular flexibility index (Phi) is 5.16. The zero-order chi connectivity index (χ0) is 13.6. The van der Waals surface area contributed by atoms with Crippen molar-refractivity contribution < 1.29 is 9.53 Å². The summed E-state index contributed by atoms with van der Waals surface area (Å²) in [6.45, 7) is 6.61. The highest BCUT2D eigenvalue weighted by molar-refractivity contribution is 5.78. The Hall–Kier alpha value is -1.55. The lowest BCUT2D eigenvalue weighted by Gasteiger charge is -2.26. The van der Waals surface area contributed by atoms with Crippen LogP contribution in [0.2, 0.25) is 0 Å². The van der Waals surface area contributed by atoms with Crippen LogP contribution in [-0.4, -0.2) is 24.6 Å². The van der Waals surface area contributed by atoms with Crippen molar-refractivity contribution in [1.82, 2.24) is 5.32 Å². The van der Waals surface area contributed by atoms with Crippen LogP contribution in [0.15, 0.2) is 24.3 Å². The van der Waals surface area contributed by atoms with Crippen molar-refractivity contribution in [3.05, 3.63) is 29.8 Å². The molecule has 0 bridgehead atoms. The summed E-state index contributed by atoms with van der Waals surface area (Å²) >= 11 is 0. The topological polar surface area (TPSA) is 64.3 Å². The molecule has 1 rings (SSSR count). The molecule has 4 heteroatoms. The maximum Gasteiger partial charge on any atom is 0.234 e. The van der Waals surface area contributed by atoms with E-state index in [9.17, 15) is 4.79 Å². The fourth-order valence-electron chi connectivity index (χ4n) is 1.85. The first-order valence-electron chi connectivity index (χ1n) is 6.19. The Morgan fingerprint density at radius 1 is 1.33 bits per heavy atom. The summed E-state index contributed by atoms with van der Waals surface area (Å²) in [5.74, 6) is 0.732. The van der Waals surface area contributed by atoms with Crippen LogP contribution in [0.4, 0.5) is 0 Å². The lowest BCUT2D eigenvalue weighted by Crippen LogP contribution is -2.47. The lowest BCUT2D eigenvalue weighted by molar-refractivity contribution is -0.121. The van der Waals surface area contributed by atoms with Gasteiger partial charge in [-0.15, -0.1) is 0 Å². The molecular formula is C14H22N2O2. The minimum absolute atomic E-state index is 0.0205. The third-order valence-corrected chi connectivity index (χ3v) is 2.54. The number of amides is 1. The third kappa shape index (κ3) is 4.75. The molecule has 0 aliphatic carbocycles. The number of nitrogens with two attached hydrogens (primary N) is 1. The molecule has 0 saturated heterocycles. The molecule has 0 fully saturated rings. The van der Waals surface area contributed by atoms with Crippen molar-refractivity contribution in [3.63, 3.8) is 0 Å². The van der Waals surface area contributed by atoms with Crippen molar-refractivity contribution >= 4 is 5.91 Å². The van der Waals surface area contributed by atoms with E-state index >= 15 is 0 Å². The molecule has 0 aliphatic rings. The van der Waals surface area contributed by atoms with Gasteiger partial charge in [-0.25, -0.2) is 0 Å². The largest absolute Gasteiger partial charge is 0.494 e. The first-order valence-corrected chi connectivity index (χ1v) is 6.19. The van der Waals surface area contributed by atoms with Crippen molar-refractivity contribution in [1.29, 1.82) is 0 Å². The molecule has 3 N–H and O–H groups in total. The molecule has 100 valence electrons. The monoisotopic (exact) mass is 250 g/mol. The first kappa shape index (κ1) is 14.5. The number of benzene rings is 1. The van der Waals surface area contributed by atoms with Gasteiger partial charge in [-0.2, -0.15) is 0 Å². The summed E-state index contributed by atoms with van der Waals surface area (Å²) in [4.78, 5) is 11.3. The zero-order valence-corrected chi connectivity index (χ0v) is 11.3. The van der Waals surface area contributed by atoms with Crippen LogP contribution in [0.3, 0.4) is 0 Å². The molecule has 0 radical (unpaired) electrons. The van der Waals surface area contributed by atoms with Gasteiger partial charge < -0.3 is 15.8 Å². The first-order chi connectivity index (χ1) is 8.46. The lowest BCUT2D eigenvalue weighted by atomic mass is 9.95. The van der Waals surface area contributed by atoms with Gasteiger partial charge in [0.2, 0.25) is 5.91 Å². The van der Waals surface area contributed by atoms with Gasteiger partial charge in [0.05, 0.1) is 13.2 Å². The Morgan fingerprint density at radius 3 is 2.44 bits per heavy atom. The second kappa shape index (κ2) is 6.40. The molecule has 0 aliphatic heterocycles. The predicted octanol–water partition coefficient (Wildman–Crippen LogP) is 1.48. The van der Waals surface area contributed by atoms with Crippen LogP contribution in [0, 0.1) is 0 Å². The minimum atomic E-state index is -0.302. The number of nitrogens with one attached hydrogen (secondary N) is 1. The summed E-state index contributed by atoms with van der Waals surface area (Å²) in [6, 6.07) is 7.92. The Labute approximate surface area is 109 Å². The van der Waals surface area contributed by atoms with Gasteiger partial charge in [-0.05, 0) is 44.9 Å². The van der Waals surface area contributed by atoms with E-state index in [-0.39, 0.29) is 18.0 Å². The van der Waals surface area contributed by atoms with Gasteiger partial charge in [0, 0.05) is 5.54 Å². The van der Waals surface area contributed by atoms with E-state index in [1.165, 1.54) is 0 Å². The van der Waals surface area contributed by atoms with Crippen LogP contribution in [0.5, 0.6) is 5.75 Å². The summed E-state index contributed by atoms with van der Waals surface area (Å²) in [6.07, 6.45) is 0.755. The quantitative estimate of drug-likeness (QED) is 0.804. The van der Waals surface area contributed by atoms with Crippen LogP contribution in [0.1, 0.15) is 26.3 Å². The van der Waals surface area contributed by atoms with Gasteiger partial charge in [-0.3, -0.25) is 4.79 Å². The van der Waals surface area contributed by atoms with Crippen LogP contribution < -0.4 is 15.8 Å². The SMILES string of the molecule is CCOc1ccc(CC(C)(C)NC(=O)CN)cc1. The van der Waals surface area contributed by atoms with Gasteiger partial charge in [0.15, 0.2) is 0 Å². The fourth-order valence-corrected chi connectivity index (χ4v) is 1.85. The van der Waals surface area contributed by atoms with E-state index in [0.717, 1.165) is 17.7 Å². The van der Waals surface area contributed by atoms with E-state index in [1.54, 1.807) is 0 Å². The number of hydrogen-bond donors (Lipinski definition) is 2. The molecule has 1 amide bonds. The molecule has 0 atom stereocenters. The standard InChI is InChI=1S/C14H22N2O2/c1-4-18-12-7-5-11(6-8-12)9-14(2,3)16-13(17)10-15/h5-8H,4,9-10,15H2,1-3H3,(H,16,17). The van der Waals surface area contributed by atoms with Gasteiger partial charge in [0.1, 0.15) is 5.75 Å². The number of carbonyl (C=O) groups excluding carboxylic acids is 1. The Morgan fingerprint density at radius 2 is 1.94 bits per heavy atom. The van der Waals surface area contributed by atoms with Crippen molar-refractivity contribution in [2.45, 2.75) is 32.7 Å². The molecule has 1 aromatic carbocycles. The number of hydrogen-bond acceptors (Lipinski definition) is 3. The summed E-state index contributed by atoms with van der Waals surface area (Å²) < 4.78 is 5.39. The van der Waals surface area contributed by atoms with Gasteiger partial charge in [-0.1, -0.05) is 12.1 Å². The van der Waals surface area contributed by atoms with E-state index in [1.807, 2.05) is 45.0 Å². The van der Waals surface area contributed by atoms with E-state index < -0.39 is 0 Å². The maximum atomic E-state index is 11.3. The third-order valence-electron chi connectivity index (χ3n) is 2.54. The van der Waals surface area contributed by atoms with Gasteiger partial charge in [0.25, 0.3) is 0 Å². The fraction of sp³-hybridized carbons (Fsp3) is 0.500. The molecular weight excluding hydrogens is 228 g/mol. The zero-order valence-electron chi connectivity index (χ0n) is 11.3. The maximum absolute atomic E-state index is 11.3. The van der Waals surface area contributed by atoms with E-state index in [4.69, 9.17) is 10.5 Å². The summed E-state index contributed by atoms with van der Waals surface area (Å²) in [5.41, 5.74) is 6.15. The molecule has 0 saturated carbocycles. The smallest absolute Gasteiger partial charge is 0.234 e. The summed E-state index contributed by atoms with van der Waals surface area (Å²) in [7, 11) is 0. The molecule has 0 heterocycles. The van der Waals surface area contributed by atoms with Crippen molar-refractivity contribution in [2.24, 2.45) is 5.73 Å². The highest BCUT2D eigenvalue weighted by atomic mass is 16.5. The average Bonchev–Trinajstić information content (AvgIpc) is 2.31. The Balaban J connectivity index is 2.63. The number of ether oxygens (including phenoxy) is 1. The van der Waals surface area contributed by atoms with Crippen molar-refractivity contribution in [2.75, 3.05) is 13.2 Å². The molecule has 0 aromatic heterocycles. The van der Waals surface area contributed by atoms with E-state index in [0.29, 0.717) is 6.61 Å². The predicted molar refractivity (Wildman–Crippen MR) is 72.6 cm³/mol. The normalized spacial score (nSPS) is 11.1. The van der Waals surface area contributed by atoms with Crippen LogP contribution in [-0.2, 0) is 11.2 Å². The average molecular weight is 250 g/mol. The molecule has 0 unspecified atom stereocenters. The second-order valence-corrected chi connectivity index (χ2v) is 4.89.